The number of fused-ring (bicyclic) bond motifs is 1. The van der Waals surface area contributed by atoms with Crippen LogP contribution < -0.4 is 10.1 Å². The van der Waals surface area contributed by atoms with Crippen LogP contribution in [-0.4, -0.2) is 64.5 Å². The van der Waals surface area contributed by atoms with Crippen LogP contribution in [0.3, 0.4) is 0 Å². The summed E-state index contributed by atoms with van der Waals surface area (Å²) in [7, 11) is 0. The van der Waals surface area contributed by atoms with E-state index in [4.69, 9.17) is 9.47 Å². The van der Waals surface area contributed by atoms with Gasteiger partial charge < -0.3 is 19.3 Å². The summed E-state index contributed by atoms with van der Waals surface area (Å²) in [5, 5.41) is 2.34. The first-order valence-corrected chi connectivity index (χ1v) is 12.4. The lowest BCUT2D eigenvalue weighted by Gasteiger charge is -2.51. The number of carbonyl (C=O) groups excluding carboxylic acids is 4. The number of nitrogens with zero attached hydrogens (tertiary/aromatic N) is 2. The van der Waals surface area contributed by atoms with Gasteiger partial charge >= 0.3 is 6.09 Å². The SMILES string of the molecule is CC(C)(C)OC(=O)N1CCC2(CC1)CC(Oc1cccc3c1CN(C1CCC(=O)NC1=O)C3=O)C2. The molecule has 3 aliphatic heterocycles. The lowest BCUT2D eigenvalue weighted by molar-refractivity contribution is -0.136. The molecule has 5 rings (SSSR count). The number of nitrogens with one attached hydrogen (secondary N) is 1. The standard InChI is InChI=1S/C26H33N3O6/c1-25(2,3)35-24(33)28-11-9-26(10-12-28)13-16(14-26)34-20-6-4-5-17-18(20)15-29(23(17)32)19-7-8-21(30)27-22(19)31/h4-6,16,19H,7-15H2,1-3H3,(H,27,30,31). The Hall–Kier alpha value is -3.10. The first kappa shape index (κ1) is 23.6. The van der Waals surface area contributed by atoms with Gasteiger partial charge in [-0.25, -0.2) is 4.79 Å². The van der Waals surface area contributed by atoms with Crippen molar-refractivity contribution >= 4 is 23.8 Å². The van der Waals surface area contributed by atoms with Crippen LogP contribution in [0.15, 0.2) is 18.2 Å². The Kier molecular flexibility index (Phi) is 5.76. The minimum Gasteiger partial charge on any atom is -0.490 e. The fourth-order valence-electron chi connectivity index (χ4n) is 5.74. The van der Waals surface area contributed by atoms with Gasteiger partial charge in [-0.05, 0) is 70.4 Å². The second-order valence-corrected chi connectivity index (χ2v) is 11.3. The minimum absolute atomic E-state index is 0.0642. The van der Waals surface area contributed by atoms with Gasteiger partial charge in [0.1, 0.15) is 17.4 Å². The van der Waals surface area contributed by atoms with E-state index in [0.717, 1.165) is 31.2 Å². The van der Waals surface area contributed by atoms with E-state index in [1.807, 2.05) is 32.9 Å². The molecule has 1 saturated carbocycles. The van der Waals surface area contributed by atoms with Gasteiger partial charge in [0, 0.05) is 30.6 Å². The van der Waals surface area contributed by atoms with Gasteiger partial charge in [-0.2, -0.15) is 0 Å². The number of hydrogen-bond donors (Lipinski definition) is 1. The predicted octanol–water partition coefficient (Wildman–Crippen LogP) is 3.01. The zero-order valence-corrected chi connectivity index (χ0v) is 20.6. The zero-order chi connectivity index (χ0) is 25.0. The Morgan fingerprint density at radius 1 is 1.11 bits per heavy atom. The van der Waals surface area contributed by atoms with E-state index in [0.29, 0.717) is 37.4 Å². The van der Waals surface area contributed by atoms with E-state index >= 15 is 0 Å². The zero-order valence-electron chi connectivity index (χ0n) is 20.6. The van der Waals surface area contributed by atoms with Gasteiger partial charge in [-0.1, -0.05) is 6.07 Å². The molecule has 188 valence electrons. The van der Waals surface area contributed by atoms with Gasteiger partial charge in [0.15, 0.2) is 0 Å². The average molecular weight is 484 g/mol. The van der Waals surface area contributed by atoms with Crippen molar-refractivity contribution in [2.24, 2.45) is 5.41 Å². The van der Waals surface area contributed by atoms with Gasteiger partial charge in [0.2, 0.25) is 11.8 Å². The summed E-state index contributed by atoms with van der Waals surface area (Å²) >= 11 is 0. The number of carbonyl (C=O) groups is 4. The number of hydrogen-bond acceptors (Lipinski definition) is 6. The third-order valence-corrected chi connectivity index (χ3v) is 7.63. The Morgan fingerprint density at radius 3 is 2.49 bits per heavy atom. The summed E-state index contributed by atoms with van der Waals surface area (Å²) in [5.74, 6) is -0.213. The van der Waals surface area contributed by atoms with Crippen LogP contribution in [0, 0.1) is 5.41 Å². The summed E-state index contributed by atoms with van der Waals surface area (Å²) in [4.78, 5) is 52.5. The minimum atomic E-state index is -0.637. The summed E-state index contributed by atoms with van der Waals surface area (Å²) in [6.45, 7) is 7.32. The summed E-state index contributed by atoms with van der Waals surface area (Å²) in [6, 6.07) is 4.83. The Morgan fingerprint density at radius 2 is 1.83 bits per heavy atom. The molecule has 1 aromatic rings. The van der Waals surface area contributed by atoms with Crippen LogP contribution in [0.4, 0.5) is 4.79 Å². The fraction of sp³-hybridized carbons (Fsp3) is 0.615. The number of amides is 4. The molecule has 0 bridgehead atoms. The van der Waals surface area contributed by atoms with Crippen molar-refractivity contribution in [3.05, 3.63) is 29.3 Å². The summed E-state index contributed by atoms with van der Waals surface area (Å²) < 4.78 is 11.9. The lowest BCUT2D eigenvalue weighted by Crippen LogP contribution is -2.52. The molecule has 4 aliphatic rings. The van der Waals surface area contributed by atoms with E-state index in [9.17, 15) is 19.2 Å². The van der Waals surface area contributed by atoms with Crippen molar-refractivity contribution < 1.29 is 28.7 Å². The molecule has 2 saturated heterocycles. The second-order valence-electron chi connectivity index (χ2n) is 11.3. The van der Waals surface area contributed by atoms with E-state index in [1.165, 1.54) is 0 Å². The highest BCUT2D eigenvalue weighted by Gasteiger charge is 2.48. The van der Waals surface area contributed by atoms with Crippen molar-refractivity contribution in [3.63, 3.8) is 0 Å². The van der Waals surface area contributed by atoms with Crippen molar-refractivity contribution in [1.29, 1.82) is 0 Å². The molecule has 9 heteroatoms. The van der Waals surface area contributed by atoms with Crippen molar-refractivity contribution in [1.82, 2.24) is 15.1 Å². The molecule has 4 amide bonds. The molecule has 0 aromatic heterocycles. The Labute approximate surface area is 205 Å². The molecule has 1 spiro atoms. The smallest absolute Gasteiger partial charge is 0.410 e. The summed E-state index contributed by atoms with van der Waals surface area (Å²) in [6.07, 6.45) is 4.09. The van der Waals surface area contributed by atoms with Gasteiger partial charge in [-0.15, -0.1) is 0 Å². The Balaban J connectivity index is 1.18. The third kappa shape index (κ3) is 4.60. The van der Waals surface area contributed by atoms with Crippen LogP contribution in [0.1, 0.15) is 75.2 Å². The number of benzene rings is 1. The lowest BCUT2D eigenvalue weighted by atomic mass is 9.61. The maximum atomic E-state index is 13.0. The van der Waals surface area contributed by atoms with E-state index in [2.05, 4.69) is 5.32 Å². The van der Waals surface area contributed by atoms with Gasteiger partial charge in [-0.3, -0.25) is 19.7 Å². The molecule has 1 unspecified atom stereocenters. The Bertz CT molecular complexity index is 1060. The molecule has 3 heterocycles. The largest absolute Gasteiger partial charge is 0.490 e. The maximum absolute atomic E-state index is 13.0. The molecule has 9 nitrogen and oxygen atoms in total. The van der Waals surface area contributed by atoms with Crippen molar-refractivity contribution in [2.75, 3.05) is 13.1 Å². The molecule has 1 N–H and O–H groups in total. The molecular weight excluding hydrogens is 450 g/mol. The first-order valence-electron chi connectivity index (χ1n) is 12.4. The summed E-state index contributed by atoms with van der Waals surface area (Å²) in [5.41, 5.74) is 1.07. The predicted molar refractivity (Wildman–Crippen MR) is 126 cm³/mol. The molecule has 35 heavy (non-hydrogen) atoms. The average Bonchev–Trinajstić information content (AvgIpc) is 3.09. The van der Waals surface area contributed by atoms with Crippen LogP contribution in [-0.2, 0) is 20.9 Å². The normalized spacial score (nSPS) is 24.2. The van der Waals surface area contributed by atoms with Gasteiger partial charge in [0.05, 0.1) is 12.6 Å². The van der Waals surface area contributed by atoms with Crippen LogP contribution in [0.25, 0.3) is 0 Å². The first-order chi connectivity index (χ1) is 16.5. The topological polar surface area (TPSA) is 105 Å². The van der Waals surface area contributed by atoms with Gasteiger partial charge in [0.25, 0.3) is 5.91 Å². The van der Waals surface area contributed by atoms with Crippen molar-refractivity contribution in [2.45, 2.75) is 83.6 Å². The highest BCUT2D eigenvalue weighted by atomic mass is 16.6. The highest BCUT2D eigenvalue weighted by Crippen LogP contribution is 2.51. The van der Waals surface area contributed by atoms with Crippen LogP contribution in [0.2, 0.25) is 0 Å². The second kappa shape index (κ2) is 8.53. The number of ether oxygens (including phenoxy) is 2. The highest BCUT2D eigenvalue weighted by molar-refractivity contribution is 6.05. The number of piperidine rings is 2. The molecule has 1 aromatic carbocycles. The van der Waals surface area contributed by atoms with E-state index in [-0.39, 0.29) is 35.8 Å². The number of imide groups is 1. The van der Waals surface area contributed by atoms with E-state index in [1.54, 1.807) is 15.9 Å². The van der Waals surface area contributed by atoms with Crippen molar-refractivity contribution in [3.8, 4) is 5.75 Å². The number of rotatable bonds is 3. The molecular formula is C26H33N3O6. The van der Waals surface area contributed by atoms with Crippen LogP contribution in [0.5, 0.6) is 5.75 Å². The quantitative estimate of drug-likeness (QED) is 0.663. The molecule has 1 aliphatic carbocycles. The monoisotopic (exact) mass is 483 g/mol. The maximum Gasteiger partial charge on any atom is 0.410 e. The van der Waals surface area contributed by atoms with E-state index < -0.39 is 17.6 Å². The fourth-order valence-corrected chi connectivity index (χ4v) is 5.74. The number of likely N-dealkylation sites (tertiary alicyclic amines) is 1. The molecule has 1 atom stereocenters. The third-order valence-electron chi connectivity index (χ3n) is 7.63. The molecule has 3 fully saturated rings. The van der Waals surface area contributed by atoms with Crippen LogP contribution >= 0.6 is 0 Å². The molecule has 0 radical (unpaired) electrons.